The first-order valence-electron chi connectivity index (χ1n) is 5.15. The summed E-state index contributed by atoms with van der Waals surface area (Å²) in [5.41, 5.74) is 3.67. The van der Waals surface area contributed by atoms with Crippen LogP contribution in [-0.4, -0.2) is 9.55 Å². The van der Waals surface area contributed by atoms with Crippen molar-refractivity contribution in [3.8, 4) is 0 Å². The highest BCUT2D eigenvalue weighted by Crippen LogP contribution is 2.32. The summed E-state index contributed by atoms with van der Waals surface area (Å²) in [6.07, 6.45) is -4.16. The van der Waals surface area contributed by atoms with Crippen LogP contribution < -0.4 is 11.3 Å². The first-order valence-corrected chi connectivity index (χ1v) is 5.15. The van der Waals surface area contributed by atoms with E-state index < -0.39 is 23.5 Å². The first-order chi connectivity index (χ1) is 8.32. The topological polar surface area (TPSA) is 60.9 Å². The summed E-state index contributed by atoms with van der Waals surface area (Å²) in [5.74, 6) is 0. The molecule has 1 aromatic carbocycles. The first kappa shape index (κ1) is 12.6. The number of halogens is 3. The molecule has 0 aliphatic rings. The van der Waals surface area contributed by atoms with Crippen LogP contribution in [0.4, 0.5) is 13.2 Å². The molecule has 2 N–H and O–H groups in total. The quantitative estimate of drug-likeness (QED) is 0.848. The van der Waals surface area contributed by atoms with E-state index in [1.165, 1.54) is 12.1 Å². The molecule has 1 heterocycles. The van der Waals surface area contributed by atoms with E-state index in [1.807, 2.05) is 0 Å². The molecule has 0 aliphatic carbocycles. The summed E-state index contributed by atoms with van der Waals surface area (Å²) >= 11 is 0. The molecule has 0 aliphatic heterocycles. The molecule has 1 aromatic heterocycles. The Hall–Kier alpha value is -1.89. The third-order valence-electron chi connectivity index (χ3n) is 2.56. The molecule has 4 nitrogen and oxygen atoms in total. The Morgan fingerprint density at radius 3 is 2.61 bits per heavy atom. The Morgan fingerprint density at radius 2 is 2.06 bits per heavy atom. The SMILES string of the molecule is CC(N)n1cnc2c(C(F)(F)F)cccc2c1=O. The predicted molar refractivity (Wildman–Crippen MR) is 59.9 cm³/mol. The maximum Gasteiger partial charge on any atom is 0.418 e. The minimum absolute atomic E-state index is 0.0929. The smallest absolute Gasteiger partial charge is 0.311 e. The molecule has 0 saturated carbocycles. The Balaban J connectivity index is 2.83. The summed E-state index contributed by atoms with van der Waals surface area (Å²) < 4.78 is 39.3. The van der Waals surface area contributed by atoms with Crippen molar-refractivity contribution < 1.29 is 13.2 Å². The Kier molecular flexibility index (Phi) is 2.86. The van der Waals surface area contributed by atoms with Crippen molar-refractivity contribution in [2.24, 2.45) is 5.73 Å². The third kappa shape index (κ3) is 1.97. The second-order valence-corrected chi connectivity index (χ2v) is 3.90. The molecule has 0 spiro atoms. The lowest BCUT2D eigenvalue weighted by molar-refractivity contribution is -0.136. The second kappa shape index (κ2) is 4.09. The number of para-hydroxylation sites is 1. The maximum atomic E-state index is 12.7. The van der Waals surface area contributed by atoms with Crippen LogP contribution in [0.1, 0.15) is 18.7 Å². The summed E-state index contributed by atoms with van der Waals surface area (Å²) in [6.45, 7) is 1.54. The van der Waals surface area contributed by atoms with Crippen molar-refractivity contribution in [1.29, 1.82) is 0 Å². The maximum absolute atomic E-state index is 12.7. The van der Waals surface area contributed by atoms with Crippen LogP contribution >= 0.6 is 0 Å². The van der Waals surface area contributed by atoms with E-state index >= 15 is 0 Å². The van der Waals surface area contributed by atoms with Gasteiger partial charge in [0, 0.05) is 0 Å². The van der Waals surface area contributed by atoms with Gasteiger partial charge in [0.25, 0.3) is 5.56 Å². The number of benzene rings is 1. The minimum atomic E-state index is -4.54. The molecule has 2 rings (SSSR count). The lowest BCUT2D eigenvalue weighted by Crippen LogP contribution is -2.28. The van der Waals surface area contributed by atoms with Crippen molar-refractivity contribution in [2.75, 3.05) is 0 Å². The zero-order valence-corrected chi connectivity index (χ0v) is 9.40. The van der Waals surface area contributed by atoms with Crippen LogP contribution in [0.15, 0.2) is 29.3 Å². The van der Waals surface area contributed by atoms with Gasteiger partial charge in [-0.1, -0.05) is 6.07 Å². The third-order valence-corrected chi connectivity index (χ3v) is 2.56. The number of fused-ring (bicyclic) bond motifs is 1. The predicted octanol–water partition coefficient (Wildman–Crippen LogP) is 1.89. The van der Waals surface area contributed by atoms with Gasteiger partial charge in [-0.25, -0.2) is 4.98 Å². The van der Waals surface area contributed by atoms with Crippen molar-refractivity contribution in [3.63, 3.8) is 0 Å². The molecule has 1 atom stereocenters. The van der Waals surface area contributed by atoms with E-state index in [0.29, 0.717) is 0 Å². The van der Waals surface area contributed by atoms with E-state index in [4.69, 9.17) is 5.73 Å². The van der Waals surface area contributed by atoms with Crippen molar-refractivity contribution in [2.45, 2.75) is 19.3 Å². The van der Waals surface area contributed by atoms with E-state index in [0.717, 1.165) is 17.0 Å². The van der Waals surface area contributed by atoms with Crippen LogP contribution in [0.2, 0.25) is 0 Å². The van der Waals surface area contributed by atoms with E-state index in [1.54, 1.807) is 6.92 Å². The zero-order valence-electron chi connectivity index (χ0n) is 9.40. The Morgan fingerprint density at radius 1 is 1.39 bits per heavy atom. The molecule has 0 fully saturated rings. The van der Waals surface area contributed by atoms with Crippen LogP contribution in [0.5, 0.6) is 0 Å². The van der Waals surface area contributed by atoms with Gasteiger partial charge in [0.1, 0.15) is 0 Å². The Labute approximate surface area is 99.9 Å². The van der Waals surface area contributed by atoms with Crippen LogP contribution in [0.25, 0.3) is 10.9 Å². The fourth-order valence-corrected chi connectivity index (χ4v) is 1.69. The summed E-state index contributed by atoms with van der Waals surface area (Å²) in [7, 11) is 0. The molecule has 96 valence electrons. The van der Waals surface area contributed by atoms with Gasteiger partial charge < -0.3 is 5.73 Å². The monoisotopic (exact) mass is 257 g/mol. The fraction of sp³-hybridized carbons (Fsp3) is 0.273. The van der Waals surface area contributed by atoms with E-state index in [2.05, 4.69) is 4.98 Å². The normalized spacial score (nSPS) is 13.8. The van der Waals surface area contributed by atoms with Crippen molar-refractivity contribution in [3.05, 3.63) is 40.4 Å². The number of nitrogens with two attached hydrogens (primary N) is 1. The van der Waals surface area contributed by atoms with E-state index in [9.17, 15) is 18.0 Å². The highest BCUT2D eigenvalue weighted by Gasteiger charge is 2.33. The molecule has 0 amide bonds. The highest BCUT2D eigenvalue weighted by molar-refractivity contribution is 5.81. The summed E-state index contributed by atoms with van der Waals surface area (Å²) in [4.78, 5) is 15.6. The summed E-state index contributed by atoms with van der Waals surface area (Å²) in [6, 6.07) is 3.38. The molecule has 0 saturated heterocycles. The molecular formula is C11H10F3N3O. The molecule has 2 aromatic rings. The lowest BCUT2D eigenvalue weighted by atomic mass is 10.1. The lowest BCUT2D eigenvalue weighted by Gasteiger charge is -2.12. The van der Waals surface area contributed by atoms with Gasteiger partial charge in [0.2, 0.25) is 0 Å². The van der Waals surface area contributed by atoms with Gasteiger partial charge in [0.05, 0.1) is 29.0 Å². The van der Waals surface area contributed by atoms with Gasteiger partial charge in [-0.15, -0.1) is 0 Å². The molecule has 1 unspecified atom stereocenters. The van der Waals surface area contributed by atoms with Gasteiger partial charge in [-0.05, 0) is 19.1 Å². The van der Waals surface area contributed by atoms with Crippen LogP contribution in [-0.2, 0) is 6.18 Å². The standard InChI is InChI=1S/C11H10F3N3O/c1-6(15)17-5-16-9-7(10(17)18)3-2-4-8(9)11(12,13)14/h2-6H,15H2,1H3. The molecule has 7 heteroatoms. The van der Waals surface area contributed by atoms with Crippen molar-refractivity contribution in [1.82, 2.24) is 9.55 Å². The average Bonchev–Trinajstić information content (AvgIpc) is 2.27. The minimum Gasteiger partial charge on any atom is -0.311 e. The van der Waals surface area contributed by atoms with Gasteiger partial charge in [0.15, 0.2) is 0 Å². The number of nitrogens with zero attached hydrogens (tertiary/aromatic N) is 2. The number of rotatable bonds is 1. The number of hydrogen-bond acceptors (Lipinski definition) is 3. The largest absolute Gasteiger partial charge is 0.418 e. The van der Waals surface area contributed by atoms with Gasteiger partial charge in [-0.3, -0.25) is 9.36 Å². The summed E-state index contributed by atoms with van der Waals surface area (Å²) in [5, 5.41) is -0.0929. The number of alkyl halides is 3. The molecule has 0 radical (unpaired) electrons. The van der Waals surface area contributed by atoms with Crippen LogP contribution in [0, 0.1) is 0 Å². The zero-order chi connectivity index (χ0) is 13.5. The van der Waals surface area contributed by atoms with Crippen molar-refractivity contribution >= 4 is 10.9 Å². The van der Waals surface area contributed by atoms with E-state index in [-0.39, 0.29) is 10.9 Å². The van der Waals surface area contributed by atoms with Gasteiger partial charge in [-0.2, -0.15) is 13.2 Å². The van der Waals surface area contributed by atoms with Gasteiger partial charge >= 0.3 is 6.18 Å². The molecule has 18 heavy (non-hydrogen) atoms. The molecule has 0 bridgehead atoms. The number of aromatic nitrogens is 2. The van der Waals surface area contributed by atoms with Crippen LogP contribution in [0.3, 0.4) is 0 Å². The Bertz CT molecular complexity index is 646. The number of hydrogen-bond donors (Lipinski definition) is 1. The fourth-order valence-electron chi connectivity index (χ4n) is 1.69. The second-order valence-electron chi connectivity index (χ2n) is 3.90. The average molecular weight is 257 g/mol. The molecular weight excluding hydrogens is 247 g/mol. The highest BCUT2D eigenvalue weighted by atomic mass is 19.4.